The maximum absolute atomic E-state index is 12.8. The molecule has 1 aliphatic carbocycles. The van der Waals surface area contributed by atoms with Crippen molar-refractivity contribution in [2.75, 3.05) is 7.05 Å². The monoisotopic (exact) mass is 333 g/mol. The summed E-state index contributed by atoms with van der Waals surface area (Å²) in [6, 6.07) is 0.410. The van der Waals surface area contributed by atoms with E-state index in [2.05, 4.69) is 22.3 Å². The lowest BCUT2D eigenvalue weighted by molar-refractivity contribution is 0.171. The fourth-order valence-electron chi connectivity index (χ4n) is 3.92. The number of aryl methyl sites for hydroxylation is 2. The number of carbonyl (C=O) groups excluding carboxylic acids is 1. The van der Waals surface area contributed by atoms with Gasteiger partial charge in [0.05, 0.1) is 6.04 Å². The average molecular weight is 333 g/mol. The Labute approximate surface area is 145 Å². The van der Waals surface area contributed by atoms with E-state index in [4.69, 9.17) is 0 Å². The molecule has 3 rings (SSSR count). The van der Waals surface area contributed by atoms with Crippen LogP contribution in [0.15, 0.2) is 0 Å². The first-order chi connectivity index (χ1) is 11.7. The third kappa shape index (κ3) is 3.90. The molecule has 1 atom stereocenters. The van der Waals surface area contributed by atoms with Crippen molar-refractivity contribution >= 4 is 6.03 Å². The van der Waals surface area contributed by atoms with E-state index in [1.165, 1.54) is 32.1 Å². The van der Waals surface area contributed by atoms with E-state index in [0.29, 0.717) is 6.04 Å². The Morgan fingerprint density at radius 1 is 1.17 bits per heavy atom. The van der Waals surface area contributed by atoms with Crippen LogP contribution >= 0.6 is 0 Å². The molecule has 1 N–H and O–H groups in total. The zero-order chi connectivity index (χ0) is 16.9. The van der Waals surface area contributed by atoms with Gasteiger partial charge in [-0.2, -0.15) is 5.10 Å². The third-order valence-electron chi connectivity index (χ3n) is 5.48. The minimum atomic E-state index is -0.00458. The molecule has 0 saturated heterocycles. The SMILES string of the molecule is CCc1nc2n(n1)CCC[C@@H]2NC(=O)N(C)C1CCCCCCC1. The summed E-state index contributed by atoms with van der Waals surface area (Å²) in [4.78, 5) is 19.3. The summed E-state index contributed by atoms with van der Waals surface area (Å²) < 4.78 is 1.98. The highest BCUT2D eigenvalue weighted by Crippen LogP contribution is 2.25. The zero-order valence-electron chi connectivity index (χ0n) is 15.1. The summed E-state index contributed by atoms with van der Waals surface area (Å²) in [6.45, 7) is 2.98. The standard InChI is InChI=1S/C18H31N5O/c1-3-16-20-17-15(12-9-13-23(17)21-16)19-18(24)22(2)14-10-7-5-4-6-8-11-14/h14-15H,3-13H2,1-2H3,(H,19,24)/t15-/m0/s1. The lowest BCUT2D eigenvalue weighted by Crippen LogP contribution is -2.46. The molecule has 134 valence electrons. The highest BCUT2D eigenvalue weighted by atomic mass is 16.2. The van der Waals surface area contributed by atoms with Crippen molar-refractivity contribution in [2.24, 2.45) is 0 Å². The Morgan fingerprint density at radius 2 is 1.88 bits per heavy atom. The number of urea groups is 1. The van der Waals surface area contributed by atoms with Crippen molar-refractivity contribution in [3.8, 4) is 0 Å². The largest absolute Gasteiger partial charge is 0.328 e. The van der Waals surface area contributed by atoms with Gasteiger partial charge in [-0.3, -0.25) is 0 Å². The molecule has 0 radical (unpaired) electrons. The van der Waals surface area contributed by atoms with Crippen LogP contribution in [-0.2, 0) is 13.0 Å². The second-order valence-corrected chi connectivity index (χ2v) is 7.22. The average Bonchev–Trinajstić information content (AvgIpc) is 2.98. The maximum Gasteiger partial charge on any atom is 0.317 e. The first kappa shape index (κ1) is 17.2. The Hall–Kier alpha value is -1.59. The fourth-order valence-corrected chi connectivity index (χ4v) is 3.92. The van der Waals surface area contributed by atoms with Gasteiger partial charge in [0.2, 0.25) is 0 Å². The van der Waals surface area contributed by atoms with E-state index >= 15 is 0 Å². The van der Waals surface area contributed by atoms with Crippen LogP contribution in [0.4, 0.5) is 4.79 Å². The number of nitrogens with one attached hydrogen (secondary N) is 1. The molecule has 2 aliphatic rings. The van der Waals surface area contributed by atoms with Crippen molar-refractivity contribution in [1.29, 1.82) is 0 Å². The van der Waals surface area contributed by atoms with Gasteiger partial charge < -0.3 is 10.2 Å². The van der Waals surface area contributed by atoms with Crippen LogP contribution in [0.3, 0.4) is 0 Å². The first-order valence-electron chi connectivity index (χ1n) is 9.66. The zero-order valence-corrected chi connectivity index (χ0v) is 15.1. The molecule has 1 saturated carbocycles. The van der Waals surface area contributed by atoms with Crippen molar-refractivity contribution < 1.29 is 4.79 Å². The highest BCUT2D eigenvalue weighted by Gasteiger charge is 2.28. The summed E-state index contributed by atoms with van der Waals surface area (Å²) in [5.41, 5.74) is 0. The normalized spacial score (nSPS) is 22.3. The lowest BCUT2D eigenvalue weighted by Gasteiger charge is -2.32. The molecule has 2 amide bonds. The van der Waals surface area contributed by atoms with Gasteiger partial charge in [0.1, 0.15) is 5.82 Å². The molecule has 1 fully saturated rings. The van der Waals surface area contributed by atoms with Crippen molar-refractivity contribution in [2.45, 2.75) is 89.8 Å². The van der Waals surface area contributed by atoms with E-state index in [9.17, 15) is 4.79 Å². The second-order valence-electron chi connectivity index (χ2n) is 7.22. The molecule has 1 aromatic rings. The molecule has 0 unspecified atom stereocenters. The molecule has 6 nitrogen and oxygen atoms in total. The van der Waals surface area contributed by atoms with Gasteiger partial charge in [0, 0.05) is 26.1 Å². The fraction of sp³-hybridized carbons (Fsp3) is 0.833. The predicted octanol–water partition coefficient (Wildman–Crippen LogP) is 3.43. The predicted molar refractivity (Wildman–Crippen MR) is 93.8 cm³/mol. The smallest absolute Gasteiger partial charge is 0.317 e. The Morgan fingerprint density at radius 3 is 2.58 bits per heavy atom. The number of nitrogens with zero attached hydrogens (tertiary/aromatic N) is 4. The minimum absolute atomic E-state index is 0.00458. The number of hydrogen-bond donors (Lipinski definition) is 1. The minimum Gasteiger partial charge on any atom is -0.328 e. The van der Waals surface area contributed by atoms with Gasteiger partial charge in [-0.1, -0.05) is 39.0 Å². The Kier molecular flexibility index (Phi) is 5.74. The van der Waals surface area contributed by atoms with Crippen LogP contribution in [0.25, 0.3) is 0 Å². The molecule has 0 bridgehead atoms. The number of amides is 2. The number of hydrogen-bond acceptors (Lipinski definition) is 3. The third-order valence-corrected chi connectivity index (χ3v) is 5.48. The van der Waals surface area contributed by atoms with Crippen molar-refractivity contribution in [3.05, 3.63) is 11.6 Å². The quantitative estimate of drug-likeness (QED) is 0.922. The molecular formula is C18H31N5O. The summed E-state index contributed by atoms with van der Waals surface area (Å²) in [6.07, 6.45) is 11.5. The molecule has 1 aromatic heterocycles. The van der Waals surface area contributed by atoms with E-state index in [1.54, 1.807) is 0 Å². The van der Waals surface area contributed by atoms with Gasteiger partial charge in [-0.25, -0.2) is 14.5 Å². The molecular weight excluding hydrogens is 302 g/mol. The van der Waals surface area contributed by atoms with E-state index in [1.807, 2.05) is 16.6 Å². The van der Waals surface area contributed by atoms with Gasteiger partial charge in [-0.15, -0.1) is 0 Å². The second kappa shape index (κ2) is 7.99. The molecule has 0 aromatic carbocycles. The Balaban J connectivity index is 1.63. The molecule has 6 heteroatoms. The van der Waals surface area contributed by atoms with Crippen LogP contribution in [0, 0.1) is 0 Å². The Bertz CT molecular complexity index is 548. The van der Waals surface area contributed by atoms with Gasteiger partial charge in [0.25, 0.3) is 0 Å². The topological polar surface area (TPSA) is 63.1 Å². The molecule has 1 aliphatic heterocycles. The number of rotatable bonds is 3. The van der Waals surface area contributed by atoms with Crippen molar-refractivity contribution in [1.82, 2.24) is 25.0 Å². The van der Waals surface area contributed by atoms with Crippen LogP contribution in [0.5, 0.6) is 0 Å². The van der Waals surface area contributed by atoms with Gasteiger partial charge in [0.15, 0.2) is 5.82 Å². The molecule has 2 heterocycles. The van der Waals surface area contributed by atoms with Gasteiger partial charge >= 0.3 is 6.03 Å². The number of fused-ring (bicyclic) bond motifs is 1. The van der Waals surface area contributed by atoms with E-state index in [-0.39, 0.29) is 12.1 Å². The van der Waals surface area contributed by atoms with Gasteiger partial charge in [-0.05, 0) is 25.7 Å². The van der Waals surface area contributed by atoms with E-state index < -0.39 is 0 Å². The van der Waals surface area contributed by atoms with Crippen LogP contribution in [-0.4, -0.2) is 38.8 Å². The molecule has 0 spiro atoms. The number of aromatic nitrogens is 3. The van der Waals surface area contributed by atoms with E-state index in [0.717, 1.165) is 50.3 Å². The summed E-state index contributed by atoms with van der Waals surface area (Å²) in [7, 11) is 1.95. The summed E-state index contributed by atoms with van der Waals surface area (Å²) in [5.74, 6) is 1.80. The van der Waals surface area contributed by atoms with Crippen LogP contribution < -0.4 is 5.32 Å². The summed E-state index contributed by atoms with van der Waals surface area (Å²) in [5, 5.41) is 7.73. The van der Waals surface area contributed by atoms with Crippen LogP contribution in [0.2, 0.25) is 0 Å². The number of carbonyl (C=O) groups is 1. The van der Waals surface area contributed by atoms with Crippen LogP contribution in [0.1, 0.15) is 82.4 Å². The lowest BCUT2D eigenvalue weighted by atomic mass is 9.96. The molecule has 24 heavy (non-hydrogen) atoms. The first-order valence-corrected chi connectivity index (χ1v) is 9.66. The highest BCUT2D eigenvalue weighted by molar-refractivity contribution is 5.74. The maximum atomic E-state index is 12.8. The summed E-state index contributed by atoms with van der Waals surface area (Å²) >= 11 is 0. The van der Waals surface area contributed by atoms with Crippen molar-refractivity contribution in [3.63, 3.8) is 0 Å².